The van der Waals surface area contributed by atoms with Crippen LogP contribution in [-0.4, -0.2) is 57.1 Å². The van der Waals surface area contributed by atoms with Gasteiger partial charge >= 0.3 is 0 Å². The fraction of sp³-hybridized carbons (Fsp3) is 0.458. The predicted molar refractivity (Wildman–Crippen MR) is 141 cm³/mol. The van der Waals surface area contributed by atoms with Gasteiger partial charge in [-0.15, -0.1) is 24.0 Å². The number of anilines is 1. The molecule has 1 aliphatic rings. The summed E-state index contributed by atoms with van der Waals surface area (Å²) in [6.07, 6.45) is 1.90. The van der Waals surface area contributed by atoms with Crippen molar-refractivity contribution in [3.63, 3.8) is 0 Å². The SMILES string of the molecule is CCNC(=NCc1ccc(OCCO)c(OC)c1)NC1CCN(c2cccc(F)c2)CC1.I. The average Bonchev–Trinajstić information content (AvgIpc) is 2.82. The molecule has 9 heteroatoms. The number of rotatable bonds is 9. The minimum atomic E-state index is -0.200. The number of aliphatic hydroxyl groups is 1. The first-order valence-electron chi connectivity index (χ1n) is 11.1. The van der Waals surface area contributed by atoms with Crippen molar-refractivity contribution in [3.8, 4) is 11.5 Å². The normalized spacial score (nSPS) is 14.4. The van der Waals surface area contributed by atoms with E-state index in [1.807, 2.05) is 31.2 Å². The largest absolute Gasteiger partial charge is 0.493 e. The monoisotopic (exact) mass is 572 g/mol. The molecule has 1 fully saturated rings. The van der Waals surface area contributed by atoms with Gasteiger partial charge in [-0.25, -0.2) is 9.38 Å². The van der Waals surface area contributed by atoms with E-state index in [2.05, 4.69) is 15.5 Å². The second-order valence-electron chi connectivity index (χ2n) is 7.64. The van der Waals surface area contributed by atoms with Crippen LogP contribution in [0.4, 0.5) is 10.1 Å². The molecule has 7 nitrogen and oxygen atoms in total. The number of aliphatic hydroxyl groups excluding tert-OH is 1. The molecule has 0 spiro atoms. The van der Waals surface area contributed by atoms with E-state index in [0.29, 0.717) is 24.1 Å². The van der Waals surface area contributed by atoms with Crippen molar-refractivity contribution < 1.29 is 19.0 Å². The van der Waals surface area contributed by atoms with Gasteiger partial charge in [-0.05, 0) is 55.7 Å². The number of benzene rings is 2. The van der Waals surface area contributed by atoms with Crippen molar-refractivity contribution >= 4 is 35.6 Å². The minimum Gasteiger partial charge on any atom is -0.493 e. The molecule has 0 radical (unpaired) electrons. The number of methoxy groups -OCH3 is 1. The van der Waals surface area contributed by atoms with Gasteiger partial charge in [-0.1, -0.05) is 12.1 Å². The van der Waals surface area contributed by atoms with Crippen molar-refractivity contribution in [2.75, 3.05) is 44.9 Å². The van der Waals surface area contributed by atoms with Crippen LogP contribution < -0.4 is 25.0 Å². The van der Waals surface area contributed by atoms with E-state index in [-0.39, 0.29) is 43.0 Å². The smallest absolute Gasteiger partial charge is 0.191 e. The summed E-state index contributed by atoms with van der Waals surface area (Å²) >= 11 is 0. The Balaban J connectivity index is 0.00000385. The van der Waals surface area contributed by atoms with E-state index in [1.165, 1.54) is 6.07 Å². The third kappa shape index (κ3) is 8.22. The van der Waals surface area contributed by atoms with Gasteiger partial charge in [0.15, 0.2) is 17.5 Å². The number of nitrogens with one attached hydrogen (secondary N) is 2. The topological polar surface area (TPSA) is 78.4 Å². The van der Waals surface area contributed by atoms with Crippen molar-refractivity contribution in [1.82, 2.24) is 10.6 Å². The number of nitrogens with zero attached hydrogens (tertiary/aromatic N) is 2. The van der Waals surface area contributed by atoms with Crippen LogP contribution in [0.5, 0.6) is 11.5 Å². The number of guanidine groups is 1. The zero-order valence-electron chi connectivity index (χ0n) is 19.2. The van der Waals surface area contributed by atoms with Gasteiger partial charge in [-0.2, -0.15) is 0 Å². The maximum atomic E-state index is 13.5. The Hall–Kier alpha value is -2.27. The third-order valence-corrected chi connectivity index (χ3v) is 5.35. The molecular formula is C24H34FIN4O3. The molecule has 0 unspecified atom stereocenters. The summed E-state index contributed by atoms with van der Waals surface area (Å²) in [5.74, 6) is 1.79. The summed E-state index contributed by atoms with van der Waals surface area (Å²) < 4.78 is 24.4. The van der Waals surface area contributed by atoms with E-state index in [4.69, 9.17) is 19.6 Å². The van der Waals surface area contributed by atoms with Crippen LogP contribution in [0, 0.1) is 5.82 Å². The lowest BCUT2D eigenvalue weighted by Gasteiger charge is -2.34. The number of ether oxygens (including phenoxy) is 2. The first kappa shape index (κ1) is 27.0. The molecule has 1 heterocycles. The van der Waals surface area contributed by atoms with Crippen molar-refractivity contribution in [2.45, 2.75) is 32.4 Å². The number of aliphatic imine (C=N–C) groups is 1. The lowest BCUT2D eigenvalue weighted by atomic mass is 10.0. The van der Waals surface area contributed by atoms with E-state index in [9.17, 15) is 4.39 Å². The van der Waals surface area contributed by atoms with Crippen LogP contribution in [0.25, 0.3) is 0 Å². The highest BCUT2D eigenvalue weighted by Gasteiger charge is 2.20. The Morgan fingerprint density at radius 2 is 1.97 bits per heavy atom. The molecule has 33 heavy (non-hydrogen) atoms. The molecule has 2 aromatic carbocycles. The summed E-state index contributed by atoms with van der Waals surface area (Å²) in [5, 5.41) is 15.8. The number of halogens is 2. The average molecular weight is 572 g/mol. The van der Waals surface area contributed by atoms with Gasteiger partial charge in [-0.3, -0.25) is 0 Å². The maximum absolute atomic E-state index is 13.5. The fourth-order valence-electron chi connectivity index (χ4n) is 3.72. The molecule has 0 bridgehead atoms. The molecule has 0 amide bonds. The first-order valence-corrected chi connectivity index (χ1v) is 11.1. The maximum Gasteiger partial charge on any atom is 0.191 e. The number of hydrogen-bond acceptors (Lipinski definition) is 5. The lowest BCUT2D eigenvalue weighted by molar-refractivity contribution is 0.196. The van der Waals surface area contributed by atoms with E-state index in [1.54, 1.807) is 19.2 Å². The molecule has 182 valence electrons. The second kappa shape index (κ2) is 14.1. The molecule has 0 aromatic heterocycles. The first-order chi connectivity index (χ1) is 15.6. The van der Waals surface area contributed by atoms with Crippen LogP contribution in [-0.2, 0) is 6.54 Å². The lowest BCUT2D eigenvalue weighted by Crippen LogP contribution is -2.48. The summed E-state index contributed by atoms with van der Waals surface area (Å²) in [5.41, 5.74) is 1.93. The minimum absolute atomic E-state index is 0. The summed E-state index contributed by atoms with van der Waals surface area (Å²) in [6.45, 7) is 5.22. The molecule has 0 aliphatic carbocycles. The van der Waals surface area contributed by atoms with Crippen molar-refractivity contribution in [2.24, 2.45) is 4.99 Å². The molecule has 0 saturated carbocycles. The van der Waals surface area contributed by atoms with Crippen molar-refractivity contribution in [3.05, 3.63) is 53.8 Å². The highest BCUT2D eigenvalue weighted by atomic mass is 127. The summed E-state index contributed by atoms with van der Waals surface area (Å²) in [4.78, 5) is 6.95. The number of piperidine rings is 1. The predicted octanol–water partition coefficient (Wildman–Crippen LogP) is 3.55. The Morgan fingerprint density at radius 1 is 1.18 bits per heavy atom. The van der Waals surface area contributed by atoms with Crippen LogP contribution in [0.15, 0.2) is 47.5 Å². The Morgan fingerprint density at radius 3 is 2.64 bits per heavy atom. The molecule has 3 N–H and O–H groups in total. The van der Waals surface area contributed by atoms with Crippen LogP contribution >= 0.6 is 24.0 Å². The van der Waals surface area contributed by atoms with E-state index < -0.39 is 0 Å². The van der Waals surface area contributed by atoms with Gasteiger partial charge in [0.25, 0.3) is 0 Å². The van der Waals surface area contributed by atoms with Crippen LogP contribution in [0.2, 0.25) is 0 Å². The third-order valence-electron chi connectivity index (χ3n) is 5.35. The van der Waals surface area contributed by atoms with Crippen molar-refractivity contribution in [1.29, 1.82) is 0 Å². The van der Waals surface area contributed by atoms with Gasteiger partial charge < -0.3 is 30.1 Å². The Bertz CT molecular complexity index is 892. The molecule has 2 aromatic rings. The molecule has 0 atom stereocenters. The second-order valence-corrected chi connectivity index (χ2v) is 7.64. The molecule has 1 aliphatic heterocycles. The van der Waals surface area contributed by atoms with Gasteiger partial charge in [0, 0.05) is 31.4 Å². The van der Waals surface area contributed by atoms with Crippen LogP contribution in [0.1, 0.15) is 25.3 Å². The van der Waals surface area contributed by atoms with E-state index in [0.717, 1.165) is 49.7 Å². The zero-order chi connectivity index (χ0) is 22.8. The highest BCUT2D eigenvalue weighted by molar-refractivity contribution is 14.0. The molecular weight excluding hydrogens is 538 g/mol. The Labute approximate surface area is 212 Å². The van der Waals surface area contributed by atoms with Gasteiger partial charge in [0.1, 0.15) is 12.4 Å². The zero-order valence-corrected chi connectivity index (χ0v) is 21.6. The quantitative estimate of drug-likeness (QED) is 0.243. The molecule has 1 saturated heterocycles. The summed E-state index contributed by atoms with van der Waals surface area (Å²) in [7, 11) is 1.59. The number of hydrogen-bond donors (Lipinski definition) is 3. The molecule has 3 rings (SSSR count). The van der Waals surface area contributed by atoms with Crippen LogP contribution in [0.3, 0.4) is 0 Å². The fourth-order valence-corrected chi connectivity index (χ4v) is 3.72. The van der Waals surface area contributed by atoms with Gasteiger partial charge in [0.2, 0.25) is 0 Å². The summed E-state index contributed by atoms with van der Waals surface area (Å²) in [6, 6.07) is 12.8. The standard InChI is InChI=1S/C24H33FN4O3.HI/c1-3-26-24(27-17-18-7-8-22(32-14-13-30)23(15-18)31-2)28-20-9-11-29(12-10-20)21-6-4-5-19(25)16-21;/h4-8,15-16,20,30H,3,9-14,17H2,1-2H3,(H2,26,27,28);1H. The van der Waals surface area contributed by atoms with Gasteiger partial charge in [0.05, 0.1) is 20.3 Å². The Kier molecular flexibility index (Phi) is 11.5. The highest BCUT2D eigenvalue weighted by Crippen LogP contribution is 2.28. The van der Waals surface area contributed by atoms with E-state index >= 15 is 0 Å².